The van der Waals surface area contributed by atoms with Crippen LogP contribution in [0.25, 0.3) is 0 Å². The van der Waals surface area contributed by atoms with Gasteiger partial charge in [0.05, 0.1) is 16.6 Å². The van der Waals surface area contributed by atoms with Crippen molar-refractivity contribution in [1.82, 2.24) is 5.01 Å². The third-order valence-electron chi connectivity index (χ3n) is 4.71. The molecular formula is C20H14BrClN2OS. The first-order valence-electron chi connectivity index (χ1n) is 8.30. The lowest BCUT2D eigenvalue weighted by Crippen LogP contribution is -2.33. The summed E-state index contributed by atoms with van der Waals surface area (Å²) in [6.07, 6.45) is 0.601. The Morgan fingerprint density at radius 2 is 2.00 bits per heavy atom. The van der Waals surface area contributed by atoms with Crippen molar-refractivity contribution in [3.8, 4) is 5.75 Å². The summed E-state index contributed by atoms with van der Waals surface area (Å²) in [5, 5.41) is 9.83. The van der Waals surface area contributed by atoms with Crippen LogP contribution in [0.4, 0.5) is 0 Å². The molecule has 0 fully saturated rings. The summed E-state index contributed by atoms with van der Waals surface area (Å²) in [6, 6.07) is 18.4. The van der Waals surface area contributed by atoms with Gasteiger partial charge in [-0.25, -0.2) is 5.01 Å². The number of nitrogens with zero attached hydrogens (tertiary/aromatic N) is 2. The summed E-state index contributed by atoms with van der Waals surface area (Å²) < 4.78 is 7.39. The Morgan fingerprint density at radius 3 is 2.77 bits per heavy atom. The monoisotopic (exact) mass is 444 g/mol. The molecule has 0 saturated carbocycles. The van der Waals surface area contributed by atoms with Crippen LogP contribution in [0.5, 0.6) is 5.75 Å². The van der Waals surface area contributed by atoms with Crippen molar-refractivity contribution in [2.45, 2.75) is 18.7 Å². The first-order valence-corrected chi connectivity index (χ1v) is 10.4. The number of fused-ring (bicyclic) bond motifs is 3. The van der Waals surface area contributed by atoms with Crippen LogP contribution in [0.1, 0.15) is 34.7 Å². The van der Waals surface area contributed by atoms with E-state index in [9.17, 15) is 0 Å². The van der Waals surface area contributed by atoms with Crippen LogP contribution in [0.3, 0.4) is 0 Å². The van der Waals surface area contributed by atoms with E-state index in [0.717, 1.165) is 38.5 Å². The Hall–Kier alpha value is -1.82. The molecule has 2 aliphatic rings. The second kappa shape index (κ2) is 6.41. The number of benzene rings is 2. The van der Waals surface area contributed by atoms with Gasteiger partial charge in [0.1, 0.15) is 5.75 Å². The van der Waals surface area contributed by atoms with Gasteiger partial charge < -0.3 is 4.74 Å². The fourth-order valence-electron chi connectivity index (χ4n) is 3.50. The van der Waals surface area contributed by atoms with Gasteiger partial charge in [-0.1, -0.05) is 45.7 Å². The molecule has 0 unspecified atom stereocenters. The van der Waals surface area contributed by atoms with Gasteiger partial charge in [-0.15, -0.1) is 11.3 Å². The van der Waals surface area contributed by atoms with E-state index in [4.69, 9.17) is 21.4 Å². The van der Waals surface area contributed by atoms with Crippen LogP contribution in [0.15, 0.2) is 69.6 Å². The van der Waals surface area contributed by atoms with Crippen molar-refractivity contribution in [3.05, 3.63) is 85.5 Å². The van der Waals surface area contributed by atoms with Gasteiger partial charge in [0, 0.05) is 27.0 Å². The first kappa shape index (κ1) is 16.4. The van der Waals surface area contributed by atoms with Crippen molar-refractivity contribution in [2.24, 2.45) is 5.10 Å². The Balaban J connectivity index is 1.61. The molecular weight excluding hydrogens is 432 g/mol. The third-order valence-corrected chi connectivity index (χ3v) is 6.40. The highest BCUT2D eigenvalue weighted by molar-refractivity contribution is 9.10. The van der Waals surface area contributed by atoms with Crippen molar-refractivity contribution in [2.75, 3.05) is 0 Å². The van der Waals surface area contributed by atoms with Gasteiger partial charge in [0.2, 0.25) is 6.23 Å². The average Bonchev–Trinajstić information content (AvgIpc) is 3.32. The average molecular weight is 446 g/mol. The standard InChI is InChI=1S/C20H14BrClN2OS/c21-13-5-3-12(4-6-13)20-24-17(11-16(23-24)19-2-1-9-26-19)15-10-14(22)7-8-18(15)25-20/h1-10,17,20H,11H2/t17-,20+/m1/s1. The minimum absolute atomic E-state index is 0.128. The summed E-state index contributed by atoms with van der Waals surface area (Å²) in [5.74, 6) is 0.881. The van der Waals surface area contributed by atoms with E-state index in [2.05, 4.69) is 50.6 Å². The summed E-state index contributed by atoms with van der Waals surface area (Å²) in [6.45, 7) is 0. The van der Waals surface area contributed by atoms with E-state index in [1.807, 2.05) is 30.3 Å². The Morgan fingerprint density at radius 1 is 1.15 bits per heavy atom. The van der Waals surface area contributed by atoms with E-state index < -0.39 is 0 Å². The third kappa shape index (κ3) is 2.75. The van der Waals surface area contributed by atoms with Gasteiger partial charge in [-0.05, 0) is 41.8 Å². The maximum Gasteiger partial charge on any atom is 0.213 e. The Labute approximate surface area is 169 Å². The number of rotatable bonds is 2. The fraction of sp³-hybridized carbons (Fsp3) is 0.150. The number of halogens is 2. The van der Waals surface area contributed by atoms with Crippen LogP contribution < -0.4 is 4.74 Å². The SMILES string of the molecule is Clc1ccc2c(c1)[C@H]1CC(c3cccs3)=NN1[C@H](c1ccc(Br)cc1)O2. The topological polar surface area (TPSA) is 24.8 Å². The summed E-state index contributed by atoms with van der Waals surface area (Å²) in [4.78, 5) is 1.21. The summed E-state index contributed by atoms with van der Waals surface area (Å²) >= 11 is 11.5. The van der Waals surface area contributed by atoms with Gasteiger partial charge in [-0.2, -0.15) is 5.10 Å². The number of hydrazone groups is 1. The molecule has 0 amide bonds. The molecule has 0 aliphatic carbocycles. The molecule has 0 radical (unpaired) electrons. The maximum atomic E-state index is 6.34. The first-order chi connectivity index (χ1) is 12.7. The van der Waals surface area contributed by atoms with Gasteiger partial charge in [0.25, 0.3) is 0 Å². The fourth-order valence-corrected chi connectivity index (χ4v) is 4.66. The molecule has 0 N–H and O–H groups in total. The second-order valence-electron chi connectivity index (χ2n) is 6.33. The lowest BCUT2D eigenvalue weighted by atomic mass is 9.97. The van der Waals surface area contributed by atoms with Crippen molar-refractivity contribution in [1.29, 1.82) is 0 Å². The van der Waals surface area contributed by atoms with Gasteiger partial charge in [0.15, 0.2) is 0 Å². The zero-order chi connectivity index (χ0) is 17.7. The molecule has 0 saturated heterocycles. The zero-order valence-electron chi connectivity index (χ0n) is 13.6. The highest BCUT2D eigenvalue weighted by Gasteiger charge is 2.41. The molecule has 5 rings (SSSR count). The molecule has 0 bridgehead atoms. The Bertz CT molecular complexity index is 988. The molecule has 6 heteroatoms. The van der Waals surface area contributed by atoms with Crippen molar-refractivity contribution in [3.63, 3.8) is 0 Å². The number of hydrogen-bond donors (Lipinski definition) is 0. The molecule has 3 heterocycles. The predicted molar refractivity (Wildman–Crippen MR) is 109 cm³/mol. The predicted octanol–water partition coefficient (Wildman–Crippen LogP) is 6.41. The van der Waals surface area contributed by atoms with Crippen LogP contribution in [0.2, 0.25) is 5.02 Å². The molecule has 1 aromatic heterocycles. The molecule has 0 spiro atoms. The normalized spacial score (nSPS) is 21.0. The number of hydrogen-bond acceptors (Lipinski definition) is 4. The largest absolute Gasteiger partial charge is 0.464 e. The van der Waals surface area contributed by atoms with E-state index >= 15 is 0 Å². The molecule has 3 aromatic rings. The molecule has 2 atom stereocenters. The summed E-state index contributed by atoms with van der Waals surface area (Å²) in [7, 11) is 0. The number of ether oxygens (including phenoxy) is 1. The Kier molecular flexibility index (Phi) is 4.03. The zero-order valence-corrected chi connectivity index (χ0v) is 16.8. The van der Waals surface area contributed by atoms with Crippen LogP contribution >= 0.6 is 38.9 Å². The van der Waals surface area contributed by atoms with Crippen LogP contribution in [-0.2, 0) is 0 Å². The lowest BCUT2D eigenvalue weighted by Gasteiger charge is -2.38. The van der Waals surface area contributed by atoms with Crippen LogP contribution in [-0.4, -0.2) is 10.7 Å². The quantitative estimate of drug-likeness (QED) is 0.455. The molecule has 3 nitrogen and oxygen atoms in total. The molecule has 130 valence electrons. The van der Waals surface area contributed by atoms with E-state index in [1.54, 1.807) is 11.3 Å². The molecule has 2 aliphatic heterocycles. The highest BCUT2D eigenvalue weighted by Crippen LogP contribution is 2.48. The molecule has 2 aromatic carbocycles. The van der Waals surface area contributed by atoms with E-state index in [0.29, 0.717) is 0 Å². The van der Waals surface area contributed by atoms with E-state index in [1.165, 1.54) is 4.88 Å². The van der Waals surface area contributed by atoms with E-state index in [-0.39, 0.29) is 12.3 Å². The number of thiophene rings is 1. The summed E-state index contributed by atoms with van der Waals surface area (Å²) in [5.41, 5.74) is 3.28. The van der Waals surface area contributed by atoms with Gasteiger partial charge >= 0.3 is 0 Å². The van der Waals surface area contributed by atoms with Crippen molar-refractivity contribution < 1.29 is 4.74 Å². The highest BCUT2D eigenvalue weighted by atomic mass is 79.9. The smallest absolute Gasteiger partial charge is 0.213 e. The minimum Gasteiger partial charge on any atom is -0.464 e. The maximum absolute atomic E-state index is 6.34. The minimum atomic E-state index is -0.251. The second-order valence-corrected chi connectivity index (χ2v) is 8.63. The van der Waals surface area contributed by atoms with Crippen LogP contribution in [0, 0.1) is 0 Å². The lowest BCUT2D eigenvalue weighted by molar-refractivity contribution is -0.0190. The molecule has 26 heavy (non-hydrogen) atoms. The van der Waals surface area contributed by atoms with Crippen molar-refractivity contribution >= 4 is 44.6 Å². The van der Waals surface area contributed by atoms with Gasteiger partial charge in [-0.3, -0.25) is 0 Å².